The predicted octanol–water partition coefficient (Wildman–Crippen LogP) is 5.98. The van der Waals surface area contributed by atoms with Crippen LogP contribution in [-0.4, -0.2) is 42.0 Å². The number of fused-ring (bicyclic) bond motifs is 11. The molecule has 0 saturated heterocycles. The molecule has 0 amide bonds. The van der Waals surface area contributed by atoms with E-state index >= 15 is 0 Å². The van der Waals surface area contributed by atoms with Gasteiger partial charge in [0.15, 0.2) is 11.0 Å². The molecule has 4 aliphatic heterocycles. The van der Waals surface area contributed by atoms with Gasteiger partial charge in [-0.15, -0.1) is 0 Å². The van der Waals surface area contributed by atoms with Crippen LogP contribution < -0.4 is 9.47 Å². The van der Waals surface area contributed by atoms with Crippen molar-refractivity contribution in [2.45, 2.75) is 70.1 Å². The number of allylic oxidation sites excluding steroid dienone is 1. The number of ether oxygens (including phenoxy) is 1. The van der Waals surface area contributed by atoms with Crippen LogP contribution in [0.25, 0.3) is 27.4 Å². The van der Waals surface area contributed by atoms with Gasteiger partial charge in [-0.2, -0.15) is 8.42 Å². The quantitative estimate of drug-likeness (QED) is 0.174. The van der Waals surface area contributed by atoms with E-state index in [0.29, 0.717) is 12.8 Å². The van der Waals surface area contributed by atoms with Crippen LogP contribution in [0, 0.1) is 6.92 Å². The van der Waals surface area contributed by atoms with Crippen molar-refractivity contribution in [1.29, 1.82) is 0 Å². The third-order valence-electron chi connectivity index (χ3n) is 10.3. The normalized spacial score (nSPS) is 24.5. The summed E-state index contributed by atoms with van der Waals surface area (Å²) >= 11 is 0. The van der Waals surface area contributed by atoms with E-state index in [0.717, 1.165) is 32.4 Å². The maximum absolute atomic E-state index is 11.6. The molecule has 3 atom stereocenters. The van der Waals surface area contributed by atoms with E-state index in [2.05, 4.69) is 95.6 Å². The fraction of sp³-hybridized carbons (Fsp3) is 0.400. The Balaban J connectivity index is 1.33. The van der Waals surface area contributed by atoms with Gasteiger partial charge in [-0.05, 0) is 79.3 Å². The Labute approximate surface area is 252 Å². The number of imidazole rings is 1. The highest BCUT2D eigenvalue weighted by molar-refractivity contribution is 7.85. The van der Waals surface area contributed by atoms with Crippen LogP contribution in [0.2, 0.25) is 0 Å². The topological polar surface area (TPSA) is 75.7 Å². The Kier molecular flexibility index (Phi) is 6.00. The van der Waals surface area contributed by atoms with Crippen LogP contribution in [0.5, 0.6) is 0 Å². The van der Waals surface area contributed by atoms with Gasteiger partial charge in [0.25, 0.3) is 15.9 Å². The molecule has 1 aromatic heterocycles. The van der Waals surface area contributed by atoms with Crippen molar-refractivity contribution in [3.05, 3.63) is 88.9 Å². The highest BCUT2D eigenvalue weighted by Gasteiger charge is 2.51. The largest absolute Gasteiger partial charge is 0.365 e. The first kappa shape index (κ1) is 27.1. The van der Waals surface area contributed by atoms with Crippen molar-refractivity contribution in [2.75, 3.05) is 17.2 Å². The average molecular weight is 597 g/mol. The fourth-order valence-electron chi connectivity index (χ4n) is 8.50. The summed E-state index contributed by atoms with van der Waals surface area (Å²) in [6, 6.07) is 19.8. The molecule has 4 aromatic rings. The van der Waals surface area contributed by atoms with Crippen molar-refractivity contribution in [3.8, 4) is 0 Å². The summed E-state index contributed by atoms with van der Waals surface area (Å²) < 4.78 is 44.3. The van der Waals surface area contributed by atoms with Crippen molar-refractivity contribution in [3.63, 3.8) is 0 Å². The lowest BCUT2D eigenvalue weighted by molar-refractivity contribution is -0.679. The number of nitrogens with zero attached hydrogens (tertiary/aromatic N) is 3. The molecule has 8 rings (SSSR count). The second-order valence-corrected chi connectivity index (χ2v) is 14.6. The monoisotopic (exact) mass is 596 g/mol. The van der Waals surface area contributed by atoms with E-state index in [1.54, 1.807) is 0 Å². The van der Waals surface area contributed by atoms with Gasteiger partial charge in [-0.3, -0.25) is 4.55 Å². The molecule has 1 N–H and O–H groups in total. The van der Waals surface area contributed by atoms with E-state index in [1.165, 1.54) is 61.3 Å². The second-order valence-electron chi connectivity index (χ2n) is 13.0. The number of anilines is 1. The molecule has 222 valence electrons. The number of rotatable bonds is 5. The summed E-state index contributed by atoms with van der Waals surface area (Å²) in [4.78, 5) is 2.51. The molecule has 0 saturated carbocycles. The number of hydrogen-bond donors (Lipinski definition) is 1. The molecule has 43 heavy (non-hydrogen) atoms. The molecule has 4 aliphatic rings. The van der Waals surface area contributed by atoms with Crippen molar-refractivity contribution >= 4 is 43.2 Å². The molecule has 3 aromatic carbocycles. The predicted molar refractivity (Wildman–Crippen MR) is 170 cm³/mol. The van der Waals surface area contributed by atoms with Crippen molar-refractivity contribution in [1.82, 2.24) is 4.57 Å². The van der Waals surface area contributed by atoms with Crippen LogP contribution in [0.1, 0.15) is 56.0 Å². The Bertz CT molecular complexity index is 2010. The second kappa shape index (κ2) is 9.52. The molecule has 0 aliphatic carbocycles. The molecule has 3 unspecified atom stereocenters. The molecule has 0 spiro atoms. The summed E-state index contributed by atoms with van der Waals surface area (Å²) in [5.41, 5.74) is 9.78. The Morgan fingerprint density at radius 3 is 2.74 bits per heavy atom. The van der Waals surface area contributed by atoms with E-state index in [1.807, 2.05) is 0 Å². The molecule has 7 nitrogen and oxygen atoms in total. The Hall–Kier alpha value is -3.46. The zero-order valence-corrected chi connectivity index (χ0v) is 25.8. The molecule has 0 bridgehead atoms. The first-order valence-corrected chi connectivity index (χ1v) is 17.1. The summed E-state index contributed by atoms with van der Waals surface area (Å²) in [6.45, 7) is 6.31. The maximum Gasteiger partial charge on any atom is 0.288 e. The lowest BCUT2D eigenvalue weighted by atomic mass is 9.72. The zero-order valence-electron chi connectivity index (χ0n) is 25.0. The van der Waals surface area contributed by atoms with Gasteiger partial charge in [-0.25, -0.2) is 9.13 Å². The minimum atomic E-state index is -3.99. The SMILES string of the molecule is Cc1ccc2c(c1)n(C)c1[n+]2CCC2OC3CCN4C(=C3C=C12)C(C)(CCCCS(=O)(=O)O)c1c4ccc2ccccc12. The van der Waals surface area contributed by atoms with Crippen LogP contribution in [-0.2, 0) is 33.9 Å². The lowest BCUT2D eigenvalue weighted by Gasteiger charge is -2.42. The number of aryl methyl sites for hydroxylation is 3. The van der Waals surface area contributed by atoms with Gasteiger partial charge < -0.3 is 9.64 Å². The van der Waals surface area contributed by atoms with Crippen LogP contribution in [0.15, 0.2) is 71.9 Å². The number of unbranched alkanes of at least 4 members (excludes halogenated alkanes) is 1. The van der Waals surface area contributed by atoms with Crippen molar-refractivity contribution in [2.24, 2.45) is 7.05 Å². The van der Waals surface area contributed by atoms with Crippen molar-refractivity contribution < 1.29 is 22.3 Å². The minimum Gasteiger partial charge on any atom is -0.365 e. The van der Waals surface area contributed by atoms with Gasteiger partial charge in [0.2, 0.25) is 0 Å². The molecular formula is C35H38N3O4S+. The average Bonchev–Trinajstić information content (AvgIpc) is 3.42. The van der Waals surface area contributed by atoms with Crippen LogP contribution >= 0.6 is 0 Å². The summed E-state index contributed by atoms with van der Waals surface area (Å²) in [5, 5.41) is 2.46. The molecule has 5 heterocycles. The van der Waals surface area contributed by atoms with Gasteiger partial charge in [0.1, 0.15) is 0 Å². The van der Waals surface area contributed by atoms with Crippen LogP contribution in [0.4, 0.5) is 5.69 Å². The van der Waals surface area contributed by atoms with Gasteiger partial charge in [-0.1, -0.05) is 42.8 Å². The molecule has 8 heteroatoms. The first-order valence-electron chi connectivity index (χ1n) is 15.5. The highest BCUT2D eigenvalue weighted by Crippen LogP contribution is 2.57. The summed E-state index contributed by atoms with van der Waals surface area (Å²) in [7, 11) is -1.82. The van der Waals surface area contributed by atoms with Gasteiger partial charge >= 0.3 is 0 Å². The standard InChI is InChI=1S/C35H37N3O4S/c1-22-10-12-27-29(20-22)36(3)34-26-21-25-30(42-31(26)15-18-38(27)34)14-17-37-28-13-11-23-8-4-5-9-24(23)32(28)35(2,33(25)37)16-6-7-19-43(39,40)41/h4-5,8-13,20-21,30-31H,6-7,14-19H2,1-3H3/p+1. The number of benzene rings is 3. The number of hydrogen-bond acceptors (Lipinski definition) is 4. The van der Waals surface area contributed by atoms with E-state index in [4.69, 9.17) is 4.74 Å². The summed E-state index contributed by atoms with van der Waals surface area (Å²) in [5.74, 6) is 1.01. The number of aromatic nitrogens is 2. The van der Waals surface area contributed by atoms with E-state index in [-0.39, 0.29) is 23.4 Å². The van der Waals surface area contributed by atoms with Gasteiger partial charge in [0.05, 0.1) is 37.1 Å². The van der Waals surface area contributed by atoms with Crippen LogP contribution in [0.3, 0.4) is 0 Å². The third-order valence-corrected chi connectivity index (χ3v) is 11.1. The van der Waals surface area contributed by atoms with Gasteiger partial charge in [0, 0.05) is 35.3 Å². The van der Waals surface area contributed by atoms with E-state index < -0.39 is 10.1 Å². The Morgan fingerprint density at radius 2 is 1.91 bits per heavy atom. The van der Waals surface area contributed by atoms with E-state index in [9.17, 15) is 13.0 Å². The molecular weight excluding hydrogens is 558 g/mol. The minimum absolute atomic E-state index is 0.0289. The summed E-state index contributed by atoms with van der Waals surface area (Å²) in [6.07, 6.45) is 6.33. The zero-order chi connectivity index (χ0) is 29.7. The molecule has 0 fully saturated rings. The third kappa shape index (κ3) is 4.06. The Morgan fingerprint density at radius 1 is 1.07 bits per heavy atom. The molecule has 0 radical (unpaired) electrons. The first-order chi connectivity index (χ1) is 20.6. The highest BCUT2D eigenvalue weighted by atomic mass is 32.2. The lowest BCUT2D eigenvalue weighted by Crippen LogP contribution is -2.49. The fourth-order valence-corrected chi connectivity index (χ4v) is 9.07. The smallest absolute Gasteiger partial charge is 0.288 e. The maximum atomic E-state index is 11.6.